The molecule has 14 heavy (non-hydrogen) atoms. The van der Waals surface area contributed by atoms with Crippen LogP contribution in [0.15, 0.2) is 40.6 Å². The molecular formula is C11H12BrNO. The second kappa shape index (κ2) is 4.05. The van der Waals surface area contributed by atoms with E-state index in [1.807, 2.05) is 18.2 Å². The summed E-state index contributed by atoms with van der Waals surface area (Å²) in [7, 11) is 0. The Hall–Kier alpha value is -0.960. The molecular weight excluding hydrogens is 242 g/mol. The molecule has 0 fully saturated rings. The van der Waals surface area contributed by atoms with E-state index in [2.05, 4.69) is 33.0 Å². The van der Waals surface area contributed by atoms with Crippen molar-refractivity contribution in [3.63, 3.8) is 0 Å². The van der Waals surface area contributed by atoms with Crippen molar-refractivity contribution in [1.82, 2.24) is 0 Å². The van der Waals surface area contributed by atoms with Gasteiger partial charge in [-0.05, 0) is 30.7 Å². The molecule has 0 saturated carbocycles. The van der Waals surface area contributed by atoms with E-state index in [4.69, 9.17) is 0 Å². The summed E-state index contributed by atoms with van der Waals surface area (Å²) in [6.07, 6.45) is 2.80. The van der Waals surface area contributed by atoms with Gasteiger partial charge in [0.1, 0.15) is 5.76 Å². The van der Waals surface area contributed by atoms with Crippen LogP contribution in [-0.4, -0.2) is 18.2 Å². The van der Waals surface area contributed by atoms with E-state index in [1.165, 1.54) is 0 Å². The zero-order valence-corrected chi connectivity index (χ0v) is 9.37. The summed E-state index contributed by atoms with van der Waals surface area (Å²) in [5, 5.41) is 9.42. The lowest BCUT2D eigenvalue weighted by Crippen LogP contribution is -2.29. The molecule has 0 spiro atoms. The van der Waals surface area contributed by atoms with Crippen LogP contribution >= 0.6 is 15.9 Å². The molecule has 0 radical (unpaired) electrons. The number of benzene rings is 1. The fourth-order valence-electron chi connectivity index (χ4n) is 1.62. The topological polar surface area (TPSA) is 23.5 Å². The van der Waals surface area contributed by atoms with Gasteiger partial charge in [0.2, 0.25) is 0 Å². The first-order valence-corrected chi connectivity index (χ1v) is 5.43. The number of halogens is 1. The lowest BCUT2D eigenvalue weighted by atomic mass is 10.2. The third-order valence-corrected chi connectivity index (χ3v) is 2.80. The van der Waals surface area contributed by atoms with E-state index < -0.39 is 0 Å². The molecule has 1 N–H and O–H groups in total. The van der Waals surface area contributed by atoms with Crippen LogP contribution < -0.4 is 4.90 Å². The molecule has 2 rings (SSSR count). The minimum Gasteiger partial charge on any atom is -0.511 e. The summed E-state index contributed by atoms with van der Waals surface area (Å²) in [5.41, 5.74) is 1.15. The predicted octanol–water partition coefficient (Wildman–Crippen LogP) is 3.10. The molecule has 0 aliphatic carbocycles. The van der Waals surface area contributed by atoms with Crippen LogP contribution in [0.25, 0.3) is 0 Å². The third kappa shape index (κ3) is 2.10. The first kappa shape index (κ1) is 9.59. The van der Waals surface area contributed by atoms with Crippen molar-refractivity contribution in [2.75, 3.05) is 18.0 Å². The van der Waals surface area contributed by atoms with Crippen molar-refractivity contribution >= 4 is 21.6 Å². The zero-order valence-electron chi connectivity index (χ0n) is 7.78. The van der Waals surface area contributed by atoms with Gasteiger partial charge in [0.25, 0.3) is 0 Å². The summed E-state index contributed by atoms with van der Waals surface area (Å²) in [6.45, 7) is 1.59. The largest absolute Gasteiger partial charge is 0.511 e. The van der Waals surface area contributed by atoms with E-state index in [1.54, 1.807) is 0 Å². The Labute approximate surface area is 92.0 Å². The lowest BCUT2D eigenvalue weighted by molar-refractivity contribution is 0.388. The molecule has 0 bridgehead atoms. The molecule has 0 aromatic heterocycles. The standard InChI is InChI=1S/C11H12BrNO/c12-9-3-1-4-10(7-9)13-6-2-5-11(14)8-13/h1,3-5,7,14H,2,6,8H2. The van der Waals surface area contributed by atoms with Crippen molar-refractivity contribution in [2.45, 2.75) is 6.42 Å². The van der Waals surface area contributed by atoms with Crippen molar-refractivity contribution in [2.24, 2.45) is 0 Å². The maximum absolute atomic E-state index is 9.42. The van der Waals surface area contributed by atoms with Gasteiger partial charge in [0, 0.05) is 16.7 Å². The van der Waals surface area contributed by atoms with Gasteiger partial charge in [0.05, 0.1) is 6.54 Å². The van der Waals surface area contributed by atoms with Gasteiger partial charge < -0.3 is 10.0 Å². The predicted molar refractivity (Wildman–Crippen MR) is 61.7 cm³/mol. The molecule has 1 aromatic rings. The maximum atomic E-state index is 9.42. The van der Waals surface area contributed by atoms with Crippen LogP contribution in [0.4, 0.5) is 5.69 Å². The van der Waals surface area contributed by atoms with Crippen molar-refractivity contribution < 1.29 is 5.11 Å². The molecule has 0 atom stereocenters. The second-order valence-electron chi connectivity index (χ2n) is 3.39. The van der Waals surface area contributed by atoms with E-state index in [0.29, 0.717) is 12.3 Å². The summed E-state index contributed by atoms with van der Waals surface area (Å²) in [6, 6.07) is 8.14. The summed E-state index contributed by atoms with van der Waals surface area (Å²) < 4.78 is 1.07. The highest BCUT2D eigenvalue weighted by Crippen LogP contribution is 2.22. The Kier molecular flexibility index (Phi) is 2.77. The minimum absolute atomic E-state index is 0.469. The normalized spacial score (nSPS) is 16.6. The SMILES string of the molecule is OC1=CCCN(c2cccc(Br)c2)C1. The Morgan fingerprint density at radius 2 is 2.21 bits per heavy atom. The van der Waals surface area contributed by atoms with E-state index in [-0.39, 0.29) is 0 Å². The Bertz CT molecular complexity index is 362. The van der Waals surface area contributed by atoms with Gasteiger partial charge in [-0.2, -0.15) is 0 Å². The lowest BCUT2D eigenvalue weighted by Gasteiger charge is -2.27. The quantitative estimate of drug-likeness (QED) is 0.832. The minimum atomic E-state index is 0.469. The molecule has 2 nitrogen and oxygen atoms in total. The number of anilines is 1. The molecule has 0 unspecified atom stereocenters. The number of hydrogen-bond donors (Lipinski definition) is 1. The Balaban J connectivity index is 2.19. The van der Waals surface area contributed by atoms with Crippen LogP contribution in [0, 0.1) is 0 Å². The van der Waals surface area contributed by atoms with Gasteiger partial charge in [-0.1, -0.05) is 22.0 Å². The number of hydrogen-bond acceptors (Lipinski definition) is 2. The number of rotatable bonds is 1. The van der Waals surface area contributed by atoms with Gasteiger partial charge in [-0.25, -0.2) is 0 Å². The average molecular weight is 254 g/mol. The number of nitrogens with zero attached hydrogens (tertiary/aromatic N) is 1. The van der Waals surface area contributed by atoms with E-state index >= 15 is 0 Å². The van der Waals surface area contributed by atoms with Crippen molar-refractivity contribution in [1.29, 1.82) is 0 Å². The van der Waals surface area contributed by atoms with Crippen LogP contribution in [0.2, 0.25) is 0 Å². The molecule has 74 valence electrons. The highest BCUT2D eigenvalue weighted by atomic mass is 79.9. The van der Waals surface area contributed by atoms with Crippen molar-refractivity contribution in [3.05, 3.63) is 40.6 Å². The first-order valence-electron chi connectivity index (χ1n) is 4.64. The zero-order chi connectivity index (χ0) is 9.97. The highest BCUT2D eigenvalue weighted by molar-refractivity contribution is 9.10. The van der Waals surface area contributed by atoms with Gasteiger partial charge in [-0.15, -0.1) is 0 Å². The molecule has 1 aliphatic heterocycles. The van der Waals surface area contributed by atoms with E-state index in [9.17, 15) is 5.11 Å². The Morgan fingerprint density at radius 1 is 1.36 bits per heavy atom. The van der Waals surface area contributed by atoms with Crippen LogP contribution in [0.3, 0.4) is 0 Å². The smallest absolute Gasteiger partial charge is 0.108 e. The first-order chi connectivity index (χ1) is 6.75. The van der Waals surface area contributed by atoms with Crippen LogP contribution in [-0.2, 0) is 0 Å². The van der Waals surface area contributed by atoms with Gasteiger partial charge >= 0.3 is 0 Å². The molecule has 1 heterocycles. The molecule has 1 aliphatic rings. The fourth-order valence-corrected chi connectivity index (χ4v) is 2.01. The van der Waals surface area contributed by atoms with Gasteiger partial charge in [0.15, 0.2) is 0 Å². The molecule has 3 heteroatoms. The van der Waals surface area contributed by atoms with E-state index in [0.717, 1.165) is 23.1 Å². The second-order valence-corrected chi connectivity index (χ2v) is 4.30. The van der Waals surface area contributed by atoms with Crippen LogP contribution in [0.1, 0.15) is 6.42 Å². The van der Waals surface area contributed by atoms with Crippen LogP contribution in [0.5, 0.6) is 0 Å². The molecule has 1 aromatic carbocycles. The number of aliphatic hydroxyl groups is 1. The average Bonchev–Trinajstić information content (AvgIpc) is 2.18. The summed E-state index contributed by atoms with van der Waals surface area (Å²) in [4.78, 5) is 2.17. The Morgan fingerprint density at radius 3 is 2.93 bits per heavy atom. The summed E-state index contributed by atoms with van der Waals surface area (Å²) in [5.74, 6) is 0.469. The summed E-state index contributed by atoms with van der Waals surface area (Å²) >= 11 is 3.44. The molecule has 0 amide bonds. The maximum Gasteiger partial charge on any atom is 0.108 e. The van der Waals surface area contributed by atoms with Crippen molar-refractivity contribution in [3.8, 4) is 0 Å². The monoisotopic (exact) mass is 253 g/mol. The highest BCUT2D eigenvalue weighted by Gasteiger charge is 2.11. The fraction of sp³-hybridized carbons (Fsp3) is 0.273. The van der Waals surface area contributed by atoms with Gasteiger partial charge in [-0.3, -0.25) is 0 Å². The molecule has 0 saturated heterocycles. The third-order valence-electron chi connectivity index (χ3n) is 2.31. The number of aliphatic hydroxyl groups excluding tert-OH is 1.